The van der Waals surface area contributed by atoms with E-state index in [4.69, 9.17) is 19.5 Å². The van der Waals surface area contributed by atoms with Gasteiger partial charge in [0.05, 0.1) is 12.9 Å². The van der Waals surface area contributed by atoms with E-state index in [9.17, 15) is 14.2 Å². The van der Waals surface area contributed by atoms with Crippen LogP contribution in [0.2, 0.25) is 0 Å². The molecule has 2 aromatic rings. The van der Waals surface area contributed by atoms with Crippen LogP contribution in [0.3, 0.4) is 0 Å². The van der Waals surface area contributed by atoms with Gasteiger partial charge in [0.1, 0.15) is 6.35 Å². The third-order valence-corrected chi connectivity index (χ3v) is 5.64. The number of nitrogens with zero attached hydrogens (tertiary/aromatic N) is 4. The zero-order valence-electron chi connectivity index (χ0n) is 17.7. The molecule has 1 aliphatic rings. The summed E-state index contributed by atoms with van der Waals surface area (Å²) < 4.78 is 39.1. The van der Waals surface area contributed by atoms with Crippen molar-refractivity contribution < 1.29 is 37.4 Å². The lowest BCUT2D eigenvalue weighted by Gasteiger charge is -2.18. The SMILES string of the molecule is CC(=O)OCOP(=O)(COCCn1cnc2c(NC3CC3)nc(N)nc21)OCOC(C)=O. The summed E-state index contributed by atoms with van der Waals surface area (Å²) in [6.45, 7) is 1.54. The fourth-order valence-corrected chi connectivity index (χ4v) is 3.48. The van der Waals surface area contributed by atoms with Crippen molar-refractivity contribution in [3.8, 4) is 0 Å². The van der Waals surface area contributed by atoms with Gasteiger partial charge in [-0.2, -0.15) is 9.97 Å². The van der Waals surface area contributed by atoms with Crippen molar-refractivity contribution in [2.75, 3.05) is 37.6 Å². The van der Waals surface area contributed by atoms with Crippen LogP contribution >= 0.6 is 7.60 Å². The van der Waals surface area contributed by atoms with Crippen LogP contribution in [0.4, 0.5) is 11.8 Å². The molecule has 32 heavy (non-hydrogen) atoms. The first-order valence-electron chi connectivity index (χ1n) is 9.73. The van der Waals surface area contributed by atoms with E-state index in [0.717, 1.165) is 12.8 Å². The maximum atomic E-state index is 12.7. The van der Waals surface area contributed by atoms with E-state index in [1.54, 1.807) is 10.9 Å². The minimum absolute atomic E-state index is 0.0958. The van der Waals surface area contributed by atoms with Crippen LogP contribution in [0.15, 0.2) is 6.33 Å². The smallest absolute Gasteiger partial charge is 0.361 e. The molecule has 0 radical (unpaired) electrons. The molecule has 3 N–H and O–H groups in total. The van der Waals surface area contributed by atoms with E-state index in [2.05, 4.69) is 29.7 Å². The first-order valence-corrected chi connectivity index (χ1v) is 11.5. The monoisotopic (exact) mass is 472 g/mol. The number of anilines is 2. The van der Waals surface area contributed by atoms with Crippen LogP contribution in [-0.2, 0) is 44.0 Å². The molecule has 1 saturated carbocycles. The summed E-state index contributed by atoms with van der Waals surface area (Å²) in [5.74, 6) is -0.551. The Morgan fingerprint density at radius 2 is 1.84 bits per heavy atom. The molecule has 0 unspecified atom stereocenters. The lowest BCUT2D eigenvalue weighted by Crippen LogP contribution is -2.13. The summed E-state index contributed by atoms with van der Waals surface area (Å²) in [4.78, 5) is 34.5. The molecule has 3 rings (SSSR count). The molecule has 15 heteroatoms. The van der Waals surface area contributed by atoms with Crippen molar-refractivity contribution in [1.82, 2.24) is 19.5 Å². The normalized spacial score (nSPS) is 13.8. The number of fused-ring (bicyclic) bond motifs is 1. The molecular weight excluding hydrogens is 447 g/mol. The van der Waals surface area contributed by atoms with Crippen LogP contribution in [0.1, 0.15) is 26.7 Å². The van der Waals surface area contributed by atoms with Crippen molar-refractivity contribution >= 4 is 42.5 Å². The van der Waals surface area contributed by atoms with E-state index >= 15 is 0 Å². The van der Waals surface area contributed by atoms with Gasteiger partial charge in [-0.25, -0.2) is 4.98 Å². The fraction of sp³-hybridized carbons (Fsp3) is 0.588. The standard InChI is InChI=1S/C17H25N6O8P/c1-11(24)28-8-30-32(26,31-9-29-12(2)25)10-27-6-5-23-7-19-14-15(20-13-3-4-13)21-17(18)22-16(14)23/h7,13H,3-6,8-10H2,1-2H3,(H3,18,20,21,22). The summed E-state index contributed by atoms with van der Waals surface area (Å²) >= 11 is 0. The molecule has 0 atom stereocenters. The number of imidazole rings is 1. The van der Waals surface area contributed by atoms with Crippen molar-refractivity contribution in [3.63, 3.8) is 0 Å². The van der Waals surface area contributed by atoms with E-state index in [-0.39, 0.29) is 12.6 Å². The van der Waals surface area contributed by atoms with E-state index in [1.165, 1.54) is 13.8 Å². The van der Waals surface area contributed by atoms with E-state index in [0.29, 0.717) is 29.6 Å². The zero-order chi connectivity index (χ0) is 23.1. The van der Waals surface area contributed by atoms with Gasteiger partial charge >= 0.3 is 19.5 Å². The summed E-state index contributed by atoms with van der Waals surface area (Å²) in [6.07, 6.45) is 3.25. The van der Waals surface area contributed by atoms with Crippen molar-refractivity contribution in [1.29, 1.82) is 0 Å². The maximum absolute atomic E-state index is 12.7. The Kier molecular flexibility index (Phi) is 7.96. The number of esters is 2. The average Bonchev–Trinajstić information content (AvgIpc) is 3.43. The minimum atomic E-state index is -3.87. The van der Waals surface area contributed by atoms with Gasteiger partial charge in [0.25, 0.3) is 0 Å². The molecule has 2 aromatic heterocycles. The first-order chi connectivity index (χ1) is 15.3. The van der Waals surface area contributed by atoms with Crippen LogP contribution < -0.4 is 11.1 Å². The summed E-state index contributed by atoms with van der Waals surface area (Å²) in [5, 5.41) is 3.28. The second-order valence-electron chi connectivity index (χ2n) is 6.87. The number of hydrogen-bond donors (Lipinski definition) is 2. The Balaban J connectivity index is 1.56. The Morgan fingerprint density at radius 1 is 1.19 bits per heavy atom. The number of ether oxygens (including phenoxy) is 3. The number of nitrogen functional groups attached to an aromatic ring is 1. The summed E-state index contributed by atoms with van der Waals surface area (Å²) in [5.41, 5.74) is 6.94. The van der Waals surface area contributed by atoms with Crippen LogP contribution in [-0.4, -0.2) is 64.0 Å². The molecule has 2 heterocycles. The Labute approximate surface area is 183 Å². The van der Waals surface area contributed by atoms with Crippen molar-refractivity contribution in [2.24, 2.45) is 0 Å². The van der Waals surface area contributed by atoms with Crippen molar-refractivity contribution in [3.05, 3.63) is 6.33 Å². The molecule has 0 aromatic carbocycles. The Morgan fingerprint density at radius 3 is 2.44 bits per heavy atom. The lowest BCUT2D eigenvalue weighted by molar-refractivity contribution is -0.149. The molecule has 0 bridgehead atoms. The van der Waals surface area contributed by atoms with Gasteiger partial charge in [-0.1, -0.05) is 0 Å². The number of carbonyl (C=O) groups is 2. The number of aromatic nitrogens is 4. The predicted octanol–water partition coefficient (Wildman–Crippen LogP) is 1.22. The highest BCUT2D eigenvalue weighted by molar-refractivity contribution is 7.53. The summed E-state index contributed by atoms with van der Waals surface area (Å²) in [6, 6.07) is 0.370. The number of hydrogen-bond acceptors (Lipinski definition) is 13. The summed E-state index contributed by atoms with van der Waals surface area (Å²) in [7, 11) is -3.87. The number of rotatable bonds is 13. The number of nitrogens with two attached hydrogens (primary N) is 1. The molecule has 176 valence electrons. The van der Waals surface area contributed by atoms with Crippen LogP contribution in [0.25, 0.3) is 11.2 Å². The molecule has 0 saturated heterocycles. The Bertz CT molecular complexity index is 986. The molecular formula is C17H25N6O8P. The van der Waals surface area contributed by atoms with Gasteiger partial charge in [0.15, 0.2) is 17.0 Å². The van der Waals surface area contributed by atoms with Crippen LogP contribution in [0.5, 0.6) is 0 Å². The molecule has 0 aliphatic heterocycles. The van der Waals surface area contributed by atoms with Gasteiger partial charge in [0, 0.05) is 26.4 Å². The third-order valence-electron chi connectivity index (χ3n) is 4.15. The minimum Gasteiger partial charge on any atom is -0.438 e. The van der Waals surface area contributed by atoms with Crippen LogP contribution in [0, 0.1) is 0 Å². The molecule has 14 nitrogen and oxygen atoms in total. The highest BCUT2D eigenvalue weighted by atomic mass is 31.2. The number of nitrogens with one attached hydrogen (secondary N) is 1. The highest BCUT2D eigenvalue weighted by Crippen LogP contribution is 2.48. The predicted molar refractivity (Wildman–Crippen MR) is 110 cm³/mol. The van der Waals surface area contributed by atoms with Crippen molar-refractivity contribution in [2.45, 2.75) is 39.3 Å². The van der Waals surface area contributed by atoms with Gasteiger partial charge in [-0.3, -0.25) is 23.2 Å². The lowest BCUT2D eigenvalue weighted by atomic mass is 10.4. The van der Waals surface area contributed by atoms with Gasteiger partial charge in [0.2, 0.25) is 19.5 Å². The van der Waals surface area contributed by atoms with Gasteiger partial charge < -0.3 is 29.8 Å². The molecule has 1 aliphatic carbocycles. The second kappa shape index (κ2) is 10.7. The highest BCUT2D eigenvalue weighted by Gasteiger charge is 2.27. The molecule has 0 amide bonds. The second-order valence-corrected chi connectivity index (χ2v) is 8.87. The molecule has 1 fully saturated rings. The zero-order valence-corrected chi connectivity index (χ0v) is 18.6. The number of carbonyl (C=O) groups excluding carboxylic acids is 2. The van der Waals surface area contributed by atoms with Gasteiger partial charge in [-0.05, 0) is 12.8 Å². The Hall–Kier alpha value is -2.80. The largest absolute Gasteiger partial charge is 0.438 e. The topological polar surface area (TPSA) is 179 Å². The maximum Gasteiger partial charge on any atom is 0.361 e. The molecule has 0 spiro atoms. The van der Waals surface area contributed by atoms with Gasteiger partial charge in [-0.15, -0.1) is 0 Å². The van der Waals surface area contributed by atoms with E-state index in [1.807, 2.05) is 0 Å². The quantitative estimate of drug-likeness (QED) is 0.184. The van der Waals surface area contributed by atoms with E-state index < -0.39 is 39.5 Å². The third kappa shape index (κ3) is 7.12. The average molecular weight is 472 g/mol. The first kappa shape index (κ1) is 23.9. The fourth-order valence-electron chi connectivity index (χ4n) is 2.48.